The summed E-state index contributed by atoms with van der Waals surface area (Å²) in [5, 5.41) is 9.59. The highest BCUT2D eigenvalue weighted by atomic mass is 35.5. The van der Waals surface area contributed by atoms with Crippen molar-refractivity contribution in [2.24, 2.45) is 0 Å². The second-order valence-electron chi connectivity index (χ2n) is 7.29. The minimum atomic E-state index is -0.348. The molecule has 2 amide bonds. The van der Waals surface area contributed by atoms with Crippen LogP contribution in [0.5, 0.6) is 0 Å². The molecule has 3 aromatic carbocycles. The van der Waals surface area contributed by atoms with Gasteiger partial charge in [0.05, 0.1) is 5.69 Å². The number of amides is 2. The molecule has 162 valence electrons. The molecule has 0 unspecified atom stereocenters. The van der Waals surface area contributed by atoms with Crippen molar-refractivity contribution in [1.82, 2.24) is 14.4 Å². The molecule has 2 heterocycles. The van der Waals surface area contributed by atoms with Gasteiger partial charge in [-0.1, -0.05) is 41.9 Å². The largest absolute Gasteiger partial charge is 0.337 e. The molecule has 0 aliphatic heterocycles. The molecule has 0 aliphatic carbocycles. The fourth-order valence-corrected chi connectivity index (χ4v) is 3.52. The molecular formula is C25H19ClN6O. The number of halogens is 1. The van der Waals surface area contributed by atoms with E-state index in [1.165, 1.54) is 0 Å². The van der Waals surface area contributed by atoms with Crippen molar-refractivity contribution in [3.05, 3.63) is 102 Å². The number of fused-ring (bicyclic) bond motifs is 1. The van der Waals surface area contributed by atoms with Crippen LogP contribution in [0.1, 0.15) is 0 Å². The van der Waals surface area contributed by atoms with Crippen LogP contribution < -0.4 is 16.0 Å². The van der Waals surface area contributed by atoms with Crippen LogP contribution in [0.3, 0.4) is 0 Å². The fourth-order valence-electron chi connectivity index (χ4n) is 3.40. The van der Waals surface area contributed by atoms with Crippen molar-refractivity contribution in [1.29, 1.82) is 0 Å². The first kappa shape index (κ1) is 20.5. The van der Waals surface area contributed by atoms with E-state index in [2.05, 4.69) is 20.9 Å². The van der Waals surface area contributed by atoms with Gasteiger partial charge in [0.1, 0.15) is 0 Å². The predicted octanol–water partition coefficient (Wildman–Crippen LogP) is 6.44. The second-order valence-corrected chi connectivity index (χ2v) is 7.73. The van der Waals surface area contributed by atoms with Gasteiger partial charge in [-0.15, -0.1) is 0 Å². The minimum absolute atomic E-state index is 0.348. The third-order valence-corrected chi connectivity index (χ3v) is 5.18. The Bertz CT molecular complexity index is 1420. The van der Waals surface area contributed by atoms with E-state index in [0.717, 1.165) is 22.6 Å². The zero-order chi connectivity index (χ0) is 22.6. The Morgan fingerprint density at radius 3 is 2.42 bits per heavy atom. The van der Waals surface area contributed by atoms with Crippen molar-refractivity contribution < 1.29 is 4.79 Å². The number of nitrogens with zero attached hydrogens (tertiary/aromatic N) is 3. The Kier molecular flexibility index (Phi) is 5.61. The molecule has 0 bridgehead atoms. The maximum Gasteiger partial charge on any atom is 0.323 e. The molecule has 0 saturated heterocycles. The molecular weight excluding hydrogens is 436 g/mol. The maximum absolute atomic E-state index is 12.4. The molecule has 5 aromatic rings. The number of urea groups is 1. The summed E-state index contributed by atoms with van der Waals surface area (Å²) in [5.74, 6) is 0.641. The Labute approximate surface area is 195 Å². The molecule has 2 aromatic heterocycles. The van der Waals surface area contributed by atoms with Gasteiger partial charge < -0.3 is 20.4 Å². The van der Waals surface area contributed by atoms with Gasteiger partial charge >= 0.3 is 6.03 Å². The Morgan fingerprint density at radius 2 is 1.61 bits per heavy atom. The number of imidazole rings is 1. The number of carbonyl (C=O) groups is 1. The van der Waals surface area contributed by atoms with Gasteiger partial charge in [0.25, 0.3) is 0 Å². The minimum Gasteiger partial charge on any atom is -0.337 e. The first-order valence-electron chi connectivity index (χ1n) is 10.2. The van der Waals surface area contributed by atoms with E-state index < -0.39 is 0 Å². The monoisotopic (exact) mass is 454 g/mol. The van der Waals surface area contributed by atoms with Gasteiger partial charge in [-0.3, -0.25) is 0 Å². The third kappa shape index (κ3) is 4.78. The molecule has 7 nitrogen and oxygen atoms in total. The van der Waals surface area contributed by atoms with Crippen molar-refractivity contribution >= 4 is 46.2 Å². The van der Waals surface area contributed by atoms with Gasteiger partial charge in [-0.25, -0.2) is 14.8 Å². The number of benzene rings is 3. The van der Waals surface area contributed by atoms with Crippen LogP contribution >= 0.6 is 11.6 Å². The molecule has 33 heavy (non-hydrogen) atoms. The number of para-hydroxylation sites is 1. The van der Waals surface area contributed by atoms with Gasteiger partial charge in [0, 0.05) is 46.2 Å². The van der Waals surface area contributed by atoms with Crippen LogP contribution in [0, 0.1) is 0 Å². The van der Waals surface area contributed by atoms with Gasteiger partial charge in [0.2, 0.25) is 0 Å². The van der Waals surface area contributed by atoms with Gasteiger partial charge in [0.15, 0.2) is 11.5 Å². The summed E-state index contributed by atoms with van der Waals surface area (Å²) in [6, 6.07) is 23.9. The summed E-state index contributed by atoms with van der Waals surface area (Å²) in [5.41, 5.74) is 4.52. The van der Waals surface area contributed by atoms with Crippen LogP contribution in [0.15, 0.2) is 97.5 Å². The number of aromatic nitrogens is 3. The molecule has 0 radical (unpaired) electrons. The molecule has 0 saturated carbocycles. The predicted molar refractivity (Wildman–Crippen MR) is 132 cm³/mol. The Morgan fingerprint density at radius 1 is 0.848 bits per heavy atom. The first-order valence-corrected chi connectivity index (χ1v) is 10.6. The standard InChI is InChI=1S/C25H19ClN6O/c26-18-9-11-20(12-10-18)29-25(33)30-21-8-4-5-17(15-21)22-16-32-14-13-27-24(32)23(31-22)28-19-6-2-1-3-7-19/h1-16H,(H,28,31)(H2,29,30,33). The van der Waals surface area contributed by atoms with Crippen LogP contribution in [-0.2, 0) is 0 Å². The van der Waals surface area contributed by atoms with E-state index in [9.17, 15) is 4.79 Å². The first-order chi connectivity index (χ1) is 16.1. The van der Waals surface area contributed by atoms with Gasteiger partial charge in [-0.05, 0) is 48.5 Å². The van der Waals surface area contributed by atoms with E-state index in [1.807, 2.05) is 71.4 Å². The topological polar surface area (TPSA) is 83.4 Å². The summed E-state index contributed by atoms with van der Waals surface area (Å²) in [6.45, 7) is 0. The zero-order valence-corrected chi connectivity index (χ0v) is 18.1. The average molecular weight is 455 g/mol. The summed E-state index contributed by atoms with van der Waals surface area (Å²) in [7, 11) is 0. The lowest BCUT2D eigenvalue weighted by Crippen LogP contribution is -2.19. The van der Waals surface area contributed by atoms with Crippen LogP contribution in [-0.4, -0.2) is 20.4 Å². The number of carbonyl (C=O) groups excluding carboxylic acids is 1. The highest BCUT2D eigenvalue weighted by Gasteiger charge is 2.11. The lowest BCUT2D eigenvalue weighted by atomic mass is 10.1. The lowest BCUT2D eigenvalue weighted by Gasteiger charge is -2.12. The van der Waals surface area contributed by atoms with E-state index in [0.29, 0.717) is 22.2 Å². The van der Waals surface area contributed by atoms with E-state index >= 15 is 0 Å². The summed E-state index contributed by atoms with van der Waals surface area (Å²) < 4.78 is 1.92. The normalized spacial score (nSPS) is 10.7. The number of rotatable bonds is 5. The Balaban J connectivity index is 1.40. The zero-order valence-electron chi connectivity index (χ0n) is 17.4. The summed E-state index contributed by atoms with van der Waals surface area (Å²) >= 11 is 5.89. The number of anilines is 4. The van der Waals surface area contributed by atoms with Crippen molar-refractivity contribution in [3.63, 3.8) is 0 Å². The van der Waals surface area contributed by atoms with Crippen molar-refractivity contribution in [3.8, 4) is 11.3 Å². The van der Waals surface area contributed by atoms with Crippen LogP contribution in [0.2, 0.25) is 5.02 Å². The third-order valence-electron chi connectivity index (χ3n) is 4.93. The number of nitrogens with one attached hydrogen (secondary N) is 3. The number of hydrogen-bond donors (Lipinski definition) is 3. The molecule has 0 aliphatic rings. The highest BCUT2D eigenvalue weighted by molar-refractivity contribution is 6.30. The summed E-state index contributed by atoms with van der Waals surface area (Å²) in [4.78, 5) is 21.6. The van der Waals surface area contributed by atoms with Crippen molar-refractivity contribution in [2.75, 3.05) is 16.0 Å². The van der Waals surface area contributed by atoms with Crippen LogP contribution in [0.25, 0.3) is 16.9 Å². The second kappa shape index (κ2) is 9.02. The lowest BCUT2D eigenvalue weighted by molar-refractivity contribution is 0.262. The molecule has 8 heteroatoms. The molecule has 5 rings (SSSR count). The van der Waals surface area contributed by atoms with E-state index in [4.69, 9.17) is 16.6 Å². The quantitative estimate of drug-likeness (QED) is 0.285. The smallest absolute Gasteiger partial charge is 0.323 e. The Hall–Kier alpha value is -4.36. The highest BCUT2D eigenvalue weighted by Crippen LogP contribution is 2.26. The molecule has 3 N–H and O–H groups in total. The molecule has 0 atom stereocenters. The van der Waals surface area contributed by atoms with E-state index in [1.54, 1.807) is 30.5 Å². The fraction of sp³-hybridized carbons (Fsp3) is 0. The maximum atomic E-state index is 12.4. The molecule has 0 fully saturated rings. The molecule has 0 spiro atoms. The van der Waals surface area contributed by atoms with Crippen LogP contribution in [0.4, 0.5) is 27.7 Å². The van der Waals surface area contributed by atoms with Gasteiger partial charge in [-0.2, -0.15) is 0 Å². The summed E-state index contributed by atoms with van der Waals surface area (Å²) in [6.07, 6.45) is 5.51. The van der Waals surface area contributed by atoms with Crippen molar-refractivity contribution in [2.45, 2.75) is 0 Å². The average Bonchev–Trinajstić information content (AvgIpc) is 3.31. The van der Waals surface area contributed by atoms with E-state index in [-0.39, 0.29) is 6.03 Å². The SMILES string of the molecule is O=C(Nc1ccc(Cl)cc1)Nc1cccc(-c2cn3ccnc3c(Nc3ccccc3)n2)c1. The number of hydrogen-bond acceptors (Lipinski definition) is 4.